The number of aromatic nitrogens is 4. The van der Waals surface area contributed by atoms with Crippen LogP contribution >= 0.6 is 0 Å². The quantitative estimate of drug-likeness (QED) is 0.580. The van der Waals surface area contributed by atoms with Crippen LogP contribution in [0, 0.1) is 5.92 Å². The minimum atomic E-state index is -0.181. The maximum absolute atomic E-state index is 11.0. The zero-order chi connectivity index (χ0) is 9.26. The lowest BCUT2D eigenvalue weighted by Gasteiger charge is -2.35. The molecular weight excluding hydrogens is 174 g/mol. The Morgan fingerprint density at radius 1 is 1.69 bits per heavy atom. The van der Waals surface area contributed by atoms with Gasteiger partial charge in [-0.05, 0) is 5.21 Å². The fraction of sp³-hybridized carbons (Fsp3) is 0.667. The number of tetrazole rings is 1. The van der Waals surface area contributed by atoms with Crippen molar-refractivity contribution in [3.63, 3.8) is 0 Å². The summed E-state index contributed by atoms with van der Waals surface area (Å²) < 4.78 is 4.59. The van der Waals surface area contributed by atoms with Crippen LogP contribution < -0.4 is 4.90 Å². The number of aromatic amines is 1. The first-order chi connectivity index (χ1) is 6.31. The zero-order valence-electron chi connectivity index (χ0n) is 7.10. The third-order valence-corrected chi connectivity index (χ3v) is 2.03. The Labute approximate surface area is 74.1 Å². The third kappa shape index (κ3) is 1.32. The summed E-state index contributed by atoms with van der Waals surface area (Å²) in [5.41, 5.74) is 0. The van der Waals surface area contributed by atoms with E-state index >= 15 is 0 Å². The van der Waals surface area contributed by atoms with E-state index in [1.54, 1.807) is 0 Å². The van der Waals surface area contributed by atoms with Crippen molar-refractivity contribution in [2.24, 2.45) is 5.92 Å². The number of ether oxygens (including phenoxy) is 1. The van der Waals surface area contributed by atoms with E-state index in [1.807, 2.05) is 4.90 Å². The molecule has 0 unspecified atom stereocenters. The number of methoxy groups -OCH3 is 1. The maximum Gasteiger partial charge on any atom is 0.312 e. The first kappa shape index (κ1) is 7.96. The Morgan fingerprint density at radius 3 is 3.00 bits per heavy atom. The van der Waals surface area contributed by atoms with Crippen molar-refractivity contribution < 1.29 is 9.53 Å². The number of nitrogens with zero attached hydrogens (tertiary/aromatic N) is 4. The molecule has 0 atom stereocenters. The van der Waals surface area contributed by atoms with Gasteiger partial charge in [-0.1, -0.05) is 5.10 Å². The van der Waals surface area contributed by atoms with Crippen LogP contribution in [0.5, 0.6) is 0 Å². The standard InChI is InChI=1S/C6H9N5O2/c1-13-5(12)4-2-11(3-4)6-7-9-10-8-6/h4H,2-3H2,1H3,(H,7,8,9,10). The van der Waals surface area contributed by atoms with E-state index < -0.39 is 0 Å². The van der Waals surface area contributed by atoms with Crippen molar-refractivity contribution in [3.05, 3.63) is 0 Å². The van der Waals surface area contributed by atoms with Gasteiger partial charge in [-0.15, -0.1) is 5.10 Å². The summed E-state index contributed by atoms with van der Waals surface area (Å²) in [4.78, 5) is 12.8. The molecule has 0 radical (unpaired) electrons. The van der Waals surface area contributed by atoms with Gasteiger partial charge in [0.1, 0.15) is 0 Å². The van der Waals surface area contributed by atoms with Gasteiger partial charge < -0.3 is 9.64 Å². The third-order valence-electron chi connectivity index (χ3n) is 2.03. The predicted octanol–water partition coefficient (Wildman–Crippen LogP) is -1.19. The molecule has 70 valence electrons. The molecule has 7 nitrogen and oxygen atoms in total. The van der Waals surface area contributed by atoms with E-state index in [0.717, 1.165) is 0 Å². The number of esters is 1. The van der Waals surface area contributed by atoms with Gasteiger partial charge in [-0.3, -0.25) is 4.79 Å². The van der Waals surface area contributed by atoms with Crippen molar-refractivity contribution in [3.8, 4) is 0 Å². The van der Waals surface area contributed by atoms with Crippen molar-refractivity contribution >= 4 is 11.9 Å². The molecule has 0 amide bonds. The Kier molecular flexibility index (Phi) is 1.84. The van der Waals surface area contributed by atoms with Crippen LogP contribution in [0.15, 0.2) is 0 Å². The maximum atomic E-state index is 11.0. The van der Waals surface area contributed by atoms with Gasteiger partial charge in [-0.25, -0.2) is 0 Å². The molecule has 0 aliphatic carbocycles. The Bertz CT molecular complexity index is 292. The first-order valence-corrected chi connectivity index (χ1v) is 3.87. The van der Waals surface area contributed by atoms with Gasteiger partial charge in [0, 0.05) is 13.1 Å². The highest BCUT2D eigenvalue weighted by molar-refractivity contribution is 5.75. The number of carbonyl (C=O) groups excluding carboxylic acids is 1. The fourth-order valence-corrected chi connectivity index (χ4v) is 1.25. The number of anilines is 1. The van der Waals surface area contributed by atoms with E-state index in [9.17, 15) is 4.79 Å². The SMILES string of the molecule is COC(=O)C1CN(c2nn[nH]n2)C1. The molecule has 0 aromatic carbocycles. The monoisotopic (exact) mass is 183 g/mol. The molecule has 0 saturated carbocycles. The van der Waals surface area contributed by atoms with Crippen molar-refractivity contribution in [1.29, 1.82) is 0 Å². The average Bonchev–Trinajstić information content (AvgIpc) is 2.54. The van der Waals surface area contributed by atoms with E-state index in [4.69, 9.17) is 0 Å². The van der Waals surface area contributed by atoms with Crippen LogP contribution in [-0.4, -0.2) is 46.8 Å². The van der Waals surface area contributed by atoms with Crippen LogP contribution in [-0.2, 0) is 9.53 Å². The molecule has 13 heavy (non-hydrogen) atoms. The molecule has 1 aromatic heterocycles. The lowest BCUT2D eigenvalue weighted by molar-refractivity contribution is -0.146. The number of hydrogen-bond acceptors (Lipinski definition) is 6. The van der Waals surface area contributed by atoms with Gasteiger partial charge in [0.15, 0.2) is 0 Å². The first-order valence-electron chi connectivity index (χ1n) is 3.87. The number of rotatable bonds is 2. The largest absolute Gasteiger partial charge is 0.469 e. The fourth-order valence-electron chi connectivity index (χ4n) is 1.25. The van der Waals surface area contributed by atoms with Crippen LogP contribution in [0.1, 0.15) is 0 Å². The summed E-state index contributed by atoms with van der Waals surface area (Å²) in [5.74, 6) is 0.295. The van der Waals surface area contributed by atoms with Crippen LogP contribution in [0.2, 0.25) is 0 Å². The highest BCUT2D eigenvalue weighted by atomic mass is 16.5. The summed E-state index contributed by atoms with van der Waals surface area (Å²) in [7, 11) is 1.39. The molecule has 1 saturated heterocycles. The van der Waals surface area contributed by atoms with Crippen molar-refractivity contribution in [2.45, 2.75) is 0 Å². The second kappa shape index (κ2) is 3.00. The smallest absolute Gasteiger partial charge is 0.312 e. The number of hydrogen-bond donors (Lipinski definition) is 1. The predicted molar refractivity (Wildman–Crippen MR) is 41.9 cm³/mol. The normalized spacial score (nSPS) is 16.8. The number of carbonyl (C=O) groups is 1. The number of H-pyrrole nitrogens is 1. The lowest BCUT2D eigenvalue weighted by atomic mass is 10.0. The highest BCUT2D eigenvalue weighted by Gasteiger charge is 2.35. The average molecular weight is 183 g/mol. The summed E-state index contributed by atoms with van der Waals surface area (Å²) in [6.07, 6.45) is 0. The van der Waals surface area contributed by atoms with Crippen molar-refractivity contribution in [1.82, 2.24) is 20.6 Å². The van der Waals surface area contributed by atoms with E-state index in [1.165, 1.54) is 7.11 Å². The molecule has 1 aromatic rings. The molecule has 1 aliphatic rings. The molecule has 1 fully saturated rings. The van der Waals surface area contributed by atoms with E-state index in [2.05, 4.69) is 25.4 Å². The molecule has 1 N–H and O–H groups in total. The minimum Gasteiger partial charge on any atom is -0.469 e. The van der Waals surface area contributed by atoms with Crippen molar-refractivity contribution in [2.75, 3.05) is 25.1 Å². The minimum absolute atomic E-state index is 0.0523. The molecule has 7 heteroatoms. The summed E-state index contributed by atoms with van der Waals surface area (Å²) >= 11 is 0. The van der Waals surface area contributed by atoms with Gasteiger partial charge >= 0.3 is 5.97 Å². The van der Waals surface area contributed by atoms with Gasteiger partial charge in [0.05, 0.1) is 13.0 Å². The Hall–Kier alpha value is -1.66. The van der Waals surface area contributed by atoms with Crippen LogP contribution in [0.25, 0.3) is 0 Å². The zero-order valence-corrected chi connectivity index (χ0v) is 7.10. The molecular formula is C6H9N5O2. The van der Waals surface area contributed by atoms with E-state index in [-0.39, 0.29) is 11.9 Å². The Morgan fingerprint density at radius 2 is 2.46 bits per heavy atom. The topological polar surface area (TPSA) is 84.0 Å². The van der Waals surface area contributed by atoms with Crippen LogP contribution in [0.4, 0.5) is 5.95 Å². The molecule has 0 bridgehead atoms. The van der Waals surface area contributed by atoms with Gasteiger partial charge in [0.2, 0.25) is 0 Å². The lowest BCUT2D eigenvalue weighted by Crippen LogP contribution is -2.51. The molecule has 1 aliphatic heterocycles. The van der Waals surface area contributed by atoms with Crippen LogP contribution in [0.3, 0.4) is 0 Å². The summed E-state index contributed by atoms with van der Waals surface area (Å²) in [6.45, 7) is 1.21. The highest BCUT2D eigenvalue weighted by Crippen LogP contribution is 2.20. The number of nitrogens with one attached hydrogen (secondary N) is 1. The Balaban J connectivity index is 1.89. The van der Waals surface area contributed by atoms with E-state index in [0.29, 0.717) is 19.0 Å². The second-order valence-corrected chi connectivity index (χ2v) is 2.84. The summed E-state index contributed by atoms with van der Waals surface area (Å²) in [5, 5.41) is 13.3. The van der Waals surface area contributed by atoms with Gasteiger partial charge in [0.25, 0.3) is 5.95 Å². The van der Waals surface area contributed by atoms with Gasteiger partial charge in [-0.2, -0.15) is 5.21 Å². The molecule has 2 heterocycles. The summed E-state index contributed by atoms with van der Waals surface area (Å²) in [6, 6.07) is 0. The molecule has 0 spiro atoms. The molecule has 2 rings (SSSR count). The second-order valence-electron chi connectivity index (χ2n) is 2.84.